The number of hydrogen-bond acceptors (Lipinski definition) is 3. The molecule has 20 heavy (non-hydrogen) atoms. The third-order valence-electron chi connectivity index (χ3n) is 2.83. The second-order valence-corrected chi connectivity index (χ2v) is 4.31. The van der Waals surface area contributed by atoms with Crippen molar-refractivity contribution in [1.82, 2.24) is 0 Å². The summed E-state index contributed by atoms with van der Waals surface area (Å²) < 4.78 is 5.28. The molecule has 0 saturated carbocycles. The molecule has 2 rings (SSSR count). The molecule has 0 aliphatic carbocycles. The molecule has 0 radical (unpaired) electrons. The largest absolute Gasteiger partial charge is 0.456 e. The third-order valence-corrected chi connectivity index (χ3v) is 2.83. The number of ether oxygens (including phenoxy) is 1. The zero-order chi connectivity index (χ0) is 14.2. The number of nitrogens with zero attached hydrogens (tertiary/aromatic N) is 1. The number of esters is 1. The molecule has 0 N–H and O–H groups in total. The summed E-state index contributed by atoms with van der Waals surface area (Å²) in [6.07, 6.45) is 0.747. The van der Waals surface area contributed by atoms with Crippen LogP contribution < -0.4 is 0 Å². The van der Waals surface area contributed by atoms with Gasteiger partial charge in [-0.25, -0.2) is 4.79 Å². The fourth-order valence-corrected chi connectivity index (χ4v) is 1.70. The average Bonchev–Trinajstić information content (AvgIpc) is 2.53. The van der Waals surface area contributed by atoms with Gasteiger partial charge in [0.15, 0.2) is 0 Å². The van der Waals surface area contributed by atoms with Gasteiger partial charge in [-0.3, -0.25) is 4.99 Å². The minimum absolute atomic E-state index is 0.221. The molecule has 0 amide bonds. The lowest BCUT2D eigenvalue weighted by atomic mass is 10.2. The quantitative estimate of drug-likeness (QED) is 0.606. The summed E-state index contributed by atoms with van der Waals surface area (Å²) in [5, 5.41) is 0. The first-order valence-electron chi connectivity index (χ1n) is 6.63. The summed E-state index contributed by atoms with van der Waals surface area (Å²) in [5.41, 5.74) is 2.28. The van der Waals surface area contributed by atoms with Crippen molar-refractivity contribution in [3.05, 3.63) is 66.2 Å². The minimum atomic E-state index is -0.320. The van der Waals surface area contributed by atoms with Crippen molar-refractivity contribution < 1.29 is 9.53 Å². The van der Waals surface area contributed by atoms with E-state index in [0.29, 0.717) is 5.56 Å². The smallest absolute Gasteiger partial charge is 0.338 e. The first-order valence-corrected chi connectivity index (χ1v) is 6.63. The van der Waals surface area contributed by atoms with E-state index in [9.17, 15) is 4.79 Å². The van der Waals surface area contributed by atoms with Crippen molar-refractivity contribution >= 4 is 17.4 Å². The molecule has 2 aromatic carbocycles. The molecule has 0 unspecified atom stereocenters. The van der Waals surface area contributed by atoms with E-state index in [2.05, 4.69) is 4.99 Å². The van der Waals surface area contributed by atoms with E-state index in [1.807, 2.05) is 55.5 Å². The average molecular weight is 267 g/mol. The maximum atomic E-state index is 11.8. The Morgan fingerprint density at radius 2 is 1.60 bits per heavy atom. The van der Waals surface area contributed by atoms with Gasteiger partial charge in [-0.15, -0.1) is 0 Å². The number of aliphatic imine (C=N–C) groups is 1. The highest BCUT2D eigenvalue weighted by molar-refractivity contribution is 5.93. The molecule has 0 heterocycles. The summed E-state index contributed by atoms with van der Waals surface area (Å²) in [6, 6.07) is 18.6. The van der Waals surface area contributed by atoms with Gasteiger partial charge in [-0.05, 0) is 30.7 Å². The van der Waals surface area contributed by atoms with Crippen molar-refractivity contribution in [3.63, 3.8) is 0 Å². The predicted octanol–water partition coefficient (Wildman–Crippen LogP) is 4.03. The van der Waals surface area contributed by atoms with E-state index in [1.54, 1.807) is 12.1 Å². The molecule has 0 aliphatic rings. The van der Waals surface area contributed by atoms with Crippen LogP contribution in [-0.2, 0) is 4.74 Å². The van der Waals surface area contributed by atoms with Gasteiger partial charge < -0.3 is 4.74 Å². The van der Waals surface area contributed by atoms with Gasteiger partial charge in [0.2, 0.25) is 0 Å². The summed E-state index contributed by atoms with van der Waals surface area (Å²) in [5.74, 6) is -0.320. The van der Waals surface area contributed by atoms with Crippen molar-refractivity contribution in [2.75, 3.05) is 6.61 Å². The number of carbonyl (C=O) groups excluding carboxylic acids is 1. The van der Waals surface area contributed by atoms with Crippen LogP contribution in [0.3, 0.4) is 0 Å². The van der Waals surface area contributed by atoms with Crippen LogP contribution in [0, 0.1) is 0 Å². The lowest BCUT2D eigenvalue weighted by molar-refractivity contribution is 0.0562. The van der Waals surface area contributed by atoms with E-state index in [-0.39, 0.29) is 12.6 Å². The van der Waals surface area contributed by atoms with Gasteiger partial charge in [0.05, 0.1) is 17.0 Å². The van der Waals surface area contributed by atoms with Crippen molar-refractivity contribution in [2.24, 2.45) is 4.99 Å². The predicted molar refractivity (Wildman–Crippen MR) is 80.6 cm³/mol. The van der Waals surface area contributed by atoms with Crippen LogP contribution in [0.15, 0.2) is 65.7 Å². The summed E-state index contributed by atoms with van der Waals surface area (Å²) in [6.45, 7) is 2.22. The van der Waals surface area contributed by atoms with E-state index < -0.39 is 0 Å². The molecular formula is C17H17NO2. The molecule has 0 saturated heterocycles. The SMILES string of the molecule is CCC(COC(=O)c1ccccc1)=Nc1ccccc1. The van der Waals surface area contributed by atoms with Crippen LogP contribution in [0.2, 0.25) is 0 Å². The highest BCUT2D eigenvalue weighted by Crippen LogP contribution is 2.11. The number of rotatable bonds is 5. The lowest BCUT2D eigenvalue weighted by Crippen LogP contribution is -2.13. The fraction of sp³-hybridized carbons (Fsp3) is 0.176. The molecule has 3 heteroatoms. The minimum Gasteiger partial charge on any atom is -0.456 e. The normalized spacial score (nSPS) is 11.2. The molecule has 0 aromatic heterocycles. The van der Waals surface area contributed by atoms with Gasteiger partial charge in [-0.2, -0.15) is 0 Å². The van der Waals surface area contributed by atoms with E-state index in [0.717, 1.165) is 17.8 Å². The highest BCUT2D eigenvalue weighted by atomic mass is 16.5. The summed E-state index contributed by atoms with van der Waals surface area (Å²) in [7, 11) is 0. The Morgan fingerprint density at radius 1 is 1.00 bits per heavy atom. The molecule has 0 aliphatic heterocycles. The van der Waals surface area contributed by atoms with Crippen molar-refractivity contribution in [3.8, 4) is 0 Å². The van der Waals surface area contributed by atoms with Crippen LogP contribution in [0.1, 0.15) is 23.7 Å². The van der Waals surface area contributed by atoms with Gasteiger partial charge in [-0.1, -0.05) is 43.3 Å². The Kier molecular flexibility index (Phi) is 5.07. The maximum absolute atomic E-state index is 11.8. The van der Waals surface area contributed by atoms with Gasteiger partial charge in [0.1, 0.15) is 6.61 Å². The van der Waals surface area contributed by atoms with Crippen LogP contribution in [0.25, 0.3) is 0 Å². The Bertz CT molecular complexity index is 576. The Morgan fingerprint density at radius 3 is 2.20 bits per heavy atom. The number of carbonyl (C=O) groups is 1. The monoisotopic (exact) mass is 267 g/mol. The van der Waals surface area contributed by atoms with Gasteiger partial charge in [0, 0.05) is 0 Å². The topological polar surface area (TPSA) is 38.7 Å². The fourth-order valence-electron chi connectivity index (χ4n) is 1.70. The van der Waals surface area contributed by atoms with Crippen LogP contribution in [0.5, 0.6) is 0 Å². The van der Waals surface area contributed by atoms with Gasteiger partial charge in [0.25, 0.3) is 0 Å². The molecule has 2 aromatic rings. The number of benzene rings is 2. The van der Waals surface area contributed by atoms with E-state index in [4.69, 9.17) is 4.74 Å². The van der Waals surface area contributed by atoms with E-state index in [1.165, 1.54) is 0 Å². The summed E-state index contributed by atoms with van der Waals surface area (Å²) in [4.78, 5) is 16.3. The Labute approximate surface area is 118 Å². The molecule has 3 nitrogen and oxygen atoms in total. The summed E-state index contributed by atoms with van der Waals surface area (Å²) >= 11 is 0. The Hall–Kier alpha value is -2.42. The van der Waals surface area contributed by atoms with Crippen LogP contribution in [-0.4, -0.2) is 18.3 Å². The zero-order valence-electron chi connectivity index (χ0n) is 11.5. The molecular weight excluding hydrogens is 250 g/mol. The molecule has 0 spiro atoms. The zero-order valence-corrected chi connectivity index (χ0v) is 11.5. The van der Waals surface area contributed by atoms with Crippen LogP contribution in [0.4, 0.5) is 5.69 Å². The third kappa shape index (κ3) is 4.05. The van der Waals surface area contributed by atoms with Crippen molar-refractivity contribution in [1.29, 1.82) is 0 Å². The van der Waals surface area contributed by atoms with E-state index >= 15 is 0 Å². The van der Waals surface area contributed by atoms with Gasteiger partial charge >= 0.3 is 5.97 Å². The second kappa shape index (κ2) is 7.24. The maximum Gasteiger partial charge on any atom is 0.338 e. The number of hydrogen-bond donors (Lipinski definition) is 0. The lowest BCUT2D eigenvalue weighted by Gasteiger charge is -2.06. The Balaban J connectivity index is 1.98. The standard InChI is InChI=1S/C17H17NO2/c1-2-15(18-16-11-7-4-8-12-16)13-20-17(19)14-9-5-3-6-10-14/h3-12H,2,13H2,1H3. The first-order chi connectivity index (χ1) is 9.79. The number of para-hydroxylation sites is 1. The second-order valence-electron chi connectivity index (χ2n) is 4.31. The molecule has 0 atom stereocenters. The highest BCUT2D eigenvalue weighted by Gasteiger charge is 2.07. The first kappa shape index (κ1) is 14.0. The molecule has 0 bridgehead atoms. The molecule has 102 valence electrons. The van der Waals surface area contributed by atoms with Crippen molar-refractivity contribution in [2.45, 2.75) is 13.3 Å². The van der Waals surface area contributed by atoms with Crippen LogP contribution >= 0.6 is 0 Å². The molecule has 0 fully saturated rings.